The molecule has 2 saturated heterocycles. The van der Waals surface area contributed by atoms with Crippen LogP contribution in [0.2, 0.25) is 5.02 Å². The van der Waals surface area contributed by atoms with Gasteiger partial charge in [0.2, 0.25) is 0 Å². The molecular formula is C16H25Cl2N3. The van der Waals surface area contributed by atoms with Crippen molar-refractivity contribution in [1.29, 1.82) is 0 Å². The average molecular weight is 330 g/mol. The molecule has 1 aromatic carbocycles. The zero-order valence-electron chi connectivity index (χ0n) is 12.6. The Balaban J connectivity index is 0.00000161. The lowest BCUT2D eigenvalue weighted by Gasteiger charge is -2.40. The summed E-state index contributed by atoms with van der Waals surface area (Å²) in [6, 6.07) is 9.50. The Morgan fingerprint density at radius 3 is 2.62 bits per heavy atom. The van der Waals surface area contributed by atoms with Crippen molar-refractivity contribution in [1.82, 2.24) is 15.1 Å². The van der Waals surface area contributed by atoms with E-state index in [2.05, 4.69) is 40.2 Å². The van der Waals surface area contributed by atoms with Gasteiger partial charge in [-0.3, -0.25) is 9.80 Å². The molecule has 2 atom stereocenters. The van der Waals surface area contributed by atoms with Gasteiger partial charge in [-0.1, -0.05) is 23.7 Å². The first-order valence-corrected chi connectivity index (χ1v) is 8.06. The molecule has 0 aromatic heterocycles. The lowest BCUT2D eigenvalue weighted by atomic mass is 10.1. The first kappa shape index (κ1) is 17.0. The van der Waals surface area contributed by atoms with E-state index in [4.69, 9.17) is 11.6 Å². The lowest BCUT2D eigenvalue weighted by molar-refractivity contribution is 0.0787. The molecule has 1 aromatic rings. The van der Waals surface area contributed by atoms with Gasteiger partial charge in [0.05, 0.1) is 0 Å². The Hall–Kier alpha value is -0.320. The van der Waals surface area contributed by atoms with Gasteiger partial charge in [-0.15, -0.1) is 12.4 Å². The summed E-state index contributed by atoms with van der Waals surface area (Å²) in [5.74, 6) is 0. The number of nitrogens with one attached hydrogen (secondary N) is 1. The second-order valence-corrected chi connectivity index (χ2v) is 6.39. The van der Waals surface area contributed by atoms with Crippen molar-refractivity contribution in [2.45, 2.75) is 25.4 Å². The van der Waals surface area contributed by atoms with Crippen molar-refractivity contribution in [2.24, 2.45) is 0 Å². The van der Waals surface area contributed by atoms with Crippen LogP contribution in [0.5, 0.6) is 0 Å². The third-order valence-electron chi connectivity index (χ3n) is 4.78. The number of benzene rings is 1. The highest BCUT2D eigenvalue weighted by molar-refractivity contribution is 6.30. The molecule has 2 unspecified atom stereocenters. The van der Waals surface area contributed by atoms with Crippen LogP contribution >= 0.6 is 24.0 Å². The minimum absolute atomic E-state index is 0. The molecule has 2 aliphatic rings. The second kappa shape index (κ2) is 7.80. The predicted octanol–water partition coefficient (Wildman–Crippen LogP) is 2.80. The van der Waals surface area contributed by atoms with Crippen LogP contribution in [-0.2, 0) is 0 Å². The van der Waals surface area contributed by atoms with Crippen LogP contribution in [-0.4, -0.2) is 55.1 Å². The Morgan fingerprint density at radius 2 is 2.00 bits per heavy atom. The smallest absolute Gasteiger partial charge is 0.0409 e. The van der Waals surface area contributed by atoms with Gasteiger partial charge in [-0.25, -0.2) is 0 Å². The average Bonchev–Trinajstić information content (AvgIpc) is 3.01. The van der Waals surface area contributed by atoms with Crippen molar-refractivity contribution in [3.05, 3.63) is 34.9 Å². The molecular weight excluding hydrogens is 305 g/mol. The van der Waals surface area contributed by atoms with E-state index in [0.29, 0.717) is 6.04 Å². The maximum absolute atomic E-state index is 6.10. The van der Waals surface area contributed by atoms with Gasteiger partial charge in [0.25, 0.3) is 0 Å². The SMILES string of the molecule is CC(c1cccc(Cl)c1)N1CCN(C2CCNC2)CC1.Cl. The van der Waals surface area contributed by atoms with E-state index in [1.54, 1.807) is 0 Å². The van der Waals surface area contributed by atoms with Gasteiger partial charge < -0.3 is 5.32 Å². The van der Waals surface area contributed by atoms with Gasteiger partial charge >= 0.3 is 0 Å². The van der Waals surface area contributed by atoms with Crippen molar-refractivity contribution in [2.75, 3.05) is 39.3 Å². The first-order valence-electron chi connectivity index (χ1n) is 7.68. The van der Waals surface area contributed by atoms with Crippen LogP contribution in [0, 0.1) is 0 Å². The summed E-state index contributed by atoms with van der Waals surface area (Å²) in [4.78, 5) is 5.23. The summed E-state index contributed by atoms with van der Waals surface area (Å²) in [6.45, 7) is 9.34. The summed E-state index contributed by atoms with van der Waals surface area (Å²) in [5.41, 5.74) is 1.33. The molecule has 3 nitrogen and oxygen atoms in total. The van der Waals surface area contributed by atoms with Crippen LogP contribution < -0.4 is 5.32 Å². The first-order chi connectivity index (χ1) is 9.74. The largest absolute Gasteiger partial charge is 0.315 e. The molecule has 21 heavy (non-hydrogen) atoms. The topological polar surface area (TPSA) is 18.5 Å². The molecule has 2 aliphatic heterocycles. The second-order valence-electron chi connectivity index (χ2n) is 5.95. The van der Waals surface area contributed by atoms with E-state index in [0.717, 1.165) is 24.2 Å². The molecule has 2 fully saturated rings. The van der Waals surface area contributed by atoms with Crippen LogP contribution in [0.25, 0.3) is 0 Å². The Kier molecular flexibility index (Phi) is 6.33. The number of hydrogen-bond donors (Lipinski definition) is 1. The van der Waals surface area contributed by atoms with Crippen molar-refractivity contribution in [3.63, 3.8) is 0 Å². The zero-order valence-corrected chi connectivity index (χ0v) is 14.2. The fourth-order valence-corrected chi connectivity index (χ4v) is 3.62. The highest BCUT2D eigenvalue weighted by atomic mass is 35.5. The Bertz CT molecular complexity index is 441. The van der Waals surface area contributed by atoms with Crippen molar-refractivity contribution < 1.29 is 0 Å². The lowest BCUT2D eigenvalue weighted by Crippen LogP contribution is -2.51. The molecule has 1 N–H and O–H groups in total. The van der Waals surface area contributed by atoms with Crippen LogP contribution in [0.1, 0.15) is 24.9 Å². The Morgan fingerprint density at radius 1 is 1.24 bits per heavy atom. The standard InChI is InChI=1S/C16H24ClN3.ClH/c1-13(14-3-2-4-15(17)11-14)19-7-9-20(10-8-19)16-5-6-18-12-16;/h2-4,11,13,16,18H,5-10,12H2,1H3;1H. The minimum Gasteiger partial charge on any atom is -0.315 e. The highest BCUT2D eigenvalue weighted by Gasteiger charge is 2.27. The van der Waals surface area contributed by atoms with Crippen LogP contribution in [0.4, 0.5) is 0 Å². The van der Waals surface area contributed by atoms with Gasteiger partial charge in [-0.2, -0.15) is 0 Å². The van der Waals surface area contributed by atoms with Gasteiger partial charge in [0, 0.05) is 49.8 Å². The number of halogens is 2. The van der Waals surface area contributed by atoms with Crippen molar-refractivity contribution >= 4 is 24.0 Å². The molecule has 0 aliphatic carbocycles. The van der Waals surface area contributed by atoms with E-state index in [1.165, 1.54) is 38.2 Å². The molecule has 0 spiro atoms. The maximum atomic E-state index is 6.10. The molecule has 0 radical (unpaired) electrons. The van der Waals surface area contributed by atoms with Crippen LogP contribution in [0.3, 0.4) is 0 Å². The maximum Gasteiger partial charge on any atom is 0.0409 e. The molecule has 0 bridgehead atoms. The quantitative estimate of drug-likeness (QED) is 0.919. The fourth-order valence-electron chi connectivity index (χ4n) is 3.42. The number of nitrogens with zero attached hydrogens (tertiary/aromatic N) is 2. The van der Waals surface area contributed by atoms with E-state index in [-0.39, 0.29) is 12.4 Å². The van der Waals surface area contributed by atoms with Crippen LogP contribution in [0.15, 0.2) is 24.3 Å². The van der Waals surface area contributed by atoms with Crippen molar-refractivity contribution in [3.8, 4) is 0 Å². The normalized spacial score (nSPS) is 25.5. The number of piperazine rings is 1. The predicted molar refractivity (Wildman–Crippen MR) is 91.5 cm³/mol. The molecule has 3 rings (SSSR count). The monoisotopic (exact) mass is 329 g/mol. The molecule has 0 amide bonds. The molecule has 118 valence electrons. The third kappa shape index (κ3) is 4.11. The summed E-state index contributed by atoms with van der Waals surface area (Å²) in [6.07, 6.45) is 1.31. The Labute approximate surface area is 139 Å². The zero-order chi connectivity index (χ0) is 13.9. The fraction of sp³-hybridized carbons (Fsp3) is 0.625. The summed E-state index contributed by atoms with van der Waals surface area (Å²) < 4.78 is 0. The van der Waals surface area contributed by atoms with E-state index in [1.807, 2.05) is 6.07 Å². The molecule has 2 heterocycles. The van der Waals surface area contributed by atoms with E-state index < -0.39 is 0 Å². The van der Waals surface area contributed by atoms with Gasteiger partial charge in [-0.05, 0) is 37.6 Å². The third-order valence-corrected chi connectivity index (χ3v) is 5.01. The number of hydrogen-bond acceptors (Lipinski definition) is 3. The highest BCUT2D eigenvalue weighted by Crippen LogP contribution is 2.24. The van der Waals surface area contributed by atoms with E-state index >= 15 is 0 Å². The summed E-state index contributed by atoms with van der Waals surface area (Å²) >= 11 is 6.10. The molecule has 5 heteroatoms. The molecule has 0 saturated carbocycles. The number of rotatable bonds is 3. The summed E-state index contributed by atoms with van der Waals surface area (Å²) in [7, 11) is 0. The summed E-state index contributed by atoms with van der Waals surface area (Å²) in [5, 5.41) is 4.30. The minimum atomic E-state index is 0. The van der Waals surface area contributed by atoms with Gasteiger partial charge in [0.1, 0.15) is 0 Å². The van der Waals surface area contributed by atoms with Gasteiger partial charge in [0.15, 0.2) is 0 Å². The van der Waals surface area contributed by atoms with E-state index in [9.17, 15) is 0 Å².